The molecule has 7 nitrogen and oxygen atoms in total. The molecule has 2 aromatic carbocycles. The van der Waals surface area contributed by atoms with Gasteiger partial charge in [-0.1, -0.05) is 30.3 Å². The van der Waals surface area contributed by atoms with Gasteiger partial charge in [-0.15, -0.1) is 0 Å². The lowest BCUT2D eigenvalue weighted by Gasteiger charge is -2.21. The monoisotopic (exact) mass is 412 g/mol. The zero-order valence-corrected chi connectivity index (χ0v) is 17.8. The molecule has 0 heterocycles. The van der Waals surface area contributed by atoms with E-state index in [-0.39, 0.29) is 18.1 Å². The number of benzene rings is 2. The standard InChI is InChI=1S/C23H28N2O5/c1-5-25(15-17-9-7-6-8-10-17)20(26)16-29-21(27)18-11-13-19(14-12-18)24-22(28)30-23(2,3)4/h6-14H,5,15-16H2,1-4H3,(H,24,28). The van der Waals surface area contributed by atoms with Gasteiger partial charge in [0, 0.05) is 18.8 Å². The highest BCUT2D eigenvalue weighted by molar-refractivity contribution is 5.92. The van der Waals surface area contributed by atoms with Crippen LogP contribution < -0.4 is 5.32 Å². The van der Waals surface area contributed by atoms with E-state index in [4.69, 9.17) is 9.47 Å². The second-order valence-corrected chi connectivity index (χ2v) is 7.67. The van der Waals surface area contributed by atoms with Gasteiger partial charge in [-0.05, 0) is 57.5 Å². The third-order valence-electron chi connectivity index (χ3n) is 4.04. The normalized spacial score (nSPS) is 10.8. The molecule has 0 spiro atoms. The molecular weight excluding hydrogens is 384 g/mol. The molecule has 0 radical (unpaired) electrons. The number of likely N-dealkylation sites (N-methyl/N-ethyl adjacent to an activating group) is 1. The van der Waals surface area contributed by atoms with E-state index in [1.165, 1.54) is 12.1 Å². The van der Waals surface area contributed by atoms with E-state index in [0.717, 1.165) is 5.56 Å². The smallest absolute Gasteiger partial charge is 0.412 e. The van der Waals surface area contributed by atoms with Crippen LogP contribution >= 0.6 is 0 Å². The SMILES string of the molecule is CCN(Cc1ccccc1)C(=O)COC(=O)c1ccc(NC(=O)OC(C)(C)C)cc1. The molecule has 0 aliphatic rings. The highest BCUT2D eigenvalue weighted by Gasteiger charge is 2.17. The molecule has 30 heavy (non-hydrogen) atoms. The molecule has 2 aromatic rings. The molecule has 2 rings (SSSR count). The highest BCUT2D eigenvalue weighted by atomic mass is 16.6. The molecule has 1 N–H and O–H groups in total. The number of hydrogen-bond donors (Lipinski definition) is 1. The summed E-state index contributed by atoms with van der Waals surface area (Å²) in [4.78, 5) is 38.0. The van der Waals surface area contributed by atoms with Crippen molar-refractivity contribution in [1.29, 1.82) is 0 Å². The molecule has 2 amide bonds. The van der Waals surface area contributed by atoms with Gasteiger partial charge in [0.05, 0.1) is 5.56 Å². The van der Waals surface area contributed by atoms with Crippen LogP contribution in [0.25, 0.3) is 0 Å². The van der Waals surface area contributed by atoms with Crippen molar-refractivity contribution in [3.8, 4) is 0 Å². The Hall–Kier alpha value is -3.35. The Kier molecular flexibility index (Phi) is 7.98. The minimum absolute atomic E-state index is 0.266. The highest BCUT2D eigenvalue weighted by Crippen LogP contribution is 2.14. The fourth-order valence-corrected chi connectivity index (χ4v) is 2.59. The second-order valence-electron chi connectivity index (χ2n) is 7.67. The first kappa shape index (κ1) is 22.9. The summed E-state index contributed by atoms with van der Waals surface area (Å²) in [6, 6.07) is 15.8. The predicted molar refractivity (Wildman–Crippen MR) is 114 cm³/mol. The maximum Gasteiger partial charge on any atom is 0.412 e. The summed E-state index contributed by atoms with van der Waals surface area (Å²) in [5, 5.41) is 2.59. The predicted octanol–water partition coefficient (Wildman–Crippen LogP) is 4.24. The van der Waals surface area contributed by atoms with E-state index in [0.29, 0.717) is 18.8 Å². The van der Waals surface area contributed by atoms with Crippen molar-refractivity contribution >= 4 is 23.7 Å². The van der Waals surface area contributed by atoms with E-state index < -0.39 is 17.7 Å². The number of rotatable bonds is 7. The Labute approximate surface area is 177 Å². The molecule has 7 heteroatoms. The number of ether oxygens (including phenoxy) is 2. The van der Waals surface area contributed by atoms with Gasteiger partial charge in [-0.3, -0.25) is 10.1 Å². The van der Waals surface area contributed by atoms with Crippen molar-refractivity contribution in [2.45, 2.75) is 39.8 Å². The summed E-state index contributed by atoms with van der Waals surface area (Å²) in [7, 11) is 0. The van der Waals surface area contributed by atoms with Gasteiger partial charge in [-0.25, -0.2) is 9.59 Å². The van der Waals surface area contributed by atoms with Crippen LogP contribution in [0.4, 0.5) is 10.5 Å². The Balaban J connectivity index is 1.86. The maximum absolute atomic E-state index is 12.4. The van der Waals surface area contributed by atoms with Crippen molar-refractivity contribution in [2.75, 3.05) is 18.5 Å². The first-order valence-corrected chi connectivity index (χ1v) is 9.77. The fraction of sp³-hybridized carbons (Fsp3) is 0.348. The number of nitrogens with one attached hydrogen (secondary N) is 1. The van der Waals surface area contributed by atoms with Gasteiger partial charge in [0.1, 0.15) is 5.60 Å². The van der Waals surface area contributed by atoms with E-state index in [2.05, 4.69) is 5.32 Å². The number of carbonyl (C=O) groups excluding carboxylic acids is 3. The van der Waals surface area contributed by atoms with Gasteiger partial charge in [-0.2, -0.15) is 0 Å². The van der Waals surface area contributed by atoms with Crippen LogP contribution in [-0.2, 0) is 20.8 Å². The zero-order chi connectivity index (χ0) is 22.1. The van der Waals surface area contributed by atoms with E-state index in [1.807, 2.05) is 37.3 Å². The summed E-state index contributed by atoms with van der Waals surface area (Å²) < 4.78 is 10.3. The van der Waals surface area contributed by atoms with Crippen molar-refractivity contribution in [2.24, 2.45) is 0 Å². The summed E-state index contributed by atoms with van der Waals surface area (Å²) >= 11 is 0. The summed E-state index contributed by atoms with van der Waals surface area (Å²) in [5.74, 6) is -0.874. The van der Waals surface area contributed by atoms with Crippen LogP contribution in [0.5, 0.6) is 0 Å². The minimum atomic E-state index is -0.608. The van der Waals surface area contributed by atoms with Crippen molar-refractivity contribution in [3.05, 3.63) is 65.7 Å². The molecular formula is C23H28N2O5. The lowest BCUT2D eigenvalue weighted by molar-refractivity contribution is -0.134. The Morgan fingerprint density at radius 1 is 0.967 bits per heavy atom. The van der Waals surface area contributed by atoms with Gasteiger partial charge in [0.15, 0.2) is 6.61 Å². The van der Waals surface area contributed by atoms with E-state index in [9.17, 15) is 14.4 Å². The van der Waals surface area contributed by atoms with Gasteiger partial charge in [0.2, 0.25) is 0 Å². The topological polar surface area (TPSA) is 84.9 Å². The first-order chi connectivity index (χ1) is 14.2. The summed E-state index contributed by atoms with van der Waals surface area (Å²) in [5.41, 5.74) is 1.17. The molecule has 0 unspecified atom stereocenters. The molecule has 0 atom stereocenters. The minimum Gasteiger partial charge on any atom is -0.452 e. The largest absolute Gasteiger partial charge is 0.452 e. The maximum atomic E-state index is 12.4. The third-order valence-corrected chi connectivity index (χ3v) is 4.04. The Morgan fingerprint density at radius 2 is 1.60 bits per heavy atom. The molecule has 0 aliphatic carbocycles. The van der Waals surface area contributed by atoms with Crippen LogP contribution in [-0.4, -0.2) is 41.6 Å². The average Bonchev–Trinajstić information content (AvgIpc) is 2.69. The number of carbonyl (C=O) groups is 3. The molecule has 160 valence electrons. The molecule has 0 saturated carbocycles. The zero-order valence-electron chi connectivity index (χ0n) is 17.8. The van der Waals surface area contributed by atoms with E-state index in [1.54, 1.807) is 37.8 Å². The Bertz CT molecular complexity index is 857. The van der Waals surface area contributed by atoms with Crippen molar-refractivity contribution < 1.29 is 23.9 Å². The van der Waals surface area contributed by atoms with E-state index >= 15 is 0 Å². The van der Waals surface area contributed by atoms with Crippen LogP contribution in [0.3, 0.4) is 0 Å². The molecule has 0 aromatic heterocycles. The van der Waals surface area contributed by atoms with Crippen LogP contribution in [0.15, 0.2) is 54.6 Å². The summed E-state index contributed by atoms with van der Waals surface area (Å²) in [6.45, 7) is 7.82. The molecule has 0 bridgehead atoms. The van der Waals surface area contributed by atoms with Crippen LogP contribution in [0.1, 0.15) is 43.6 Å². The lowest BCUT2D eigenvalue weighted by Crippen LogP contribution is -2.34. The number of hydrogen-bond acceptors (Lipinski definition) is 5. The lowest BCUT2D eigenvalue weighted by atomic mass is 10.2. The van der Waals surface area contributed by atoms with Gasteiger partial charge >= 0.3 is 12.1 Å². The molecule has 0 saturated heterocycles. The number of anilines is 1. The Morgan fingerprint density at radius 3 is 2.17 bits per heavy atom. The van der Waals surface area contributed by atoms with Crippen LogP contribution in [0, 0.1) is 0 Å². The fourth-order valence-electron chi connectivity index (χ4n) is 2.59. The van der Waals surface area contributed by atoms with Gasteiger partial charge in [0.25, 0.3) is 5.91 Å². The number of amides is 2. The molecule has 0 fully saturated rings. The van der Waals surface area contributed by atoms with Gasteiger partial charge < -0.3 is 14.4 Å². The first-order valence-electron chi connectivity index (χ1n) is 9.77. The number of nitrogens with zero attached hydrogens (tertiary/aromatic N) is 1. The third kappa shape index (κ3) is 7.58. The van der Waals surface area contributed by atoms with Crippen molar-refractivity contribution in [1.82, 2.24) is 4.90 Å². The number of esters is 1. The quantitative estimate of drug-likeness (QED) is 0.688. The van der Waals surface area contributed by atoms with Crippen LogP contribution in [0.2, 0.25) is 0 Å². The summed E-state index contributed by atoms with van der Waals surface area (Å²) in [6.07, 6.45) is -0.582. The van der Waals surface area contributed by atoms with Crippen molar-refractivity contribution in [3.63, 3.8) is 0 Å². The average molecular weight is 412 g/mol. The molecule has 0 aliphatic heterocycles. The second kappa shape index (κ2) is 10.4.